The van der Waals surface area contributed by atoms with E-state index in [1.165, 1.54) is 0 Å². The molecule has 3 N–H and O–H groups in total. The van der Waals surface area contributed by atoms with Crippen molar-refractivity contribution in [2.45, 2.75) is 26.7 Å². The van der Waals surface area contributed by atoms with Crippen LogP contribution in [0.5, 0.6) is 0 Å². The van der Waals surface area contributed by atoms with Gasteiger partial charge in [0.25, 0.3) is 11.8 Å². The second kappa shape index (κ2) is 8.61. The Morgan fingerprint density at radius 2 is 1.73 bits per heavy atom. The summed E-state index contributed by atoms with van der Waals surface area (Å²) in [6, 6.07) is 8.59. The third-order valence-corrected chi connectivity index (χ3v) is 2.85. The Kier molecular flexibility index (Phi) is 6.82. The minimum absolute atomic E-state index is 0.0131. The van der Waals surface area contributed by atoms with Crippen LogP contribution in [-0.4, -0.2) is 29.4 Å². The van der Waals surface area contributed by atoms with Crippen molar-refractivity contribution in [3.63, 3.8) is 0 Å². The zero-order valence-corrected chi connectivity index (χ0v) is 12.7. The van der Waals surface area contributed by atoms with Crippen LogP contribution < -0.4 is 10.6 Å². The third kappa shape index (κ3) is 5.78. The third-order valence-electron chi connectivity index (χ3n) is 2.85. The summed E-state index contributed by atoms with van der Waals surface area (Å²) in [6.45, 7) is 3.68. The molecule has 0 radical (unpaired) electrons. The van der Waals surface area contributed by atoms with Gasteiger partial charge in [-0.25, -0.2) is 0 Å². The van der Waals surface area contributed by atoms with Gasteiger partial charge in [-0.05, 0) is 38.0 Å². The molecule has 0 fully saturated rings. The predicted octanol–water partition coefficient (Wildman–Crippen LogP) is 1.69. The van der Waals surface area contributed by atoms with Gasteiger partial charge in [0.05, 0.1) is 0 Å². The molecule has 118 valence electrons. The van der Waals surface area contributed by atoms with Gasteiger partial charge in [0.1, 0.15) is 5.70 Å². The van der Waals surface area contributed by atoms with Gasteiger partial charge < -0.3 is 15.7 Å². The first-order valence-corrected chi connectivity index (χ1v) is 6.95. The van der Waals surface area contributed by atoms with Crippen molar-refractivity contribution in [2.24, 2.45) is 0 Å². The highest BCUT2D eigenvalue weighted by atomic mass is 16.4. The van der Waals surface area contributed by atoms with Crippen LogP contribution in [0.3, 0.4) is 0 Å². The first-order chi connectivity index (χ1) is 10.4. The number of nitrogens with one attached hydrogen (secondary N) is 2. The summed E-state index contributed by atoms with van der Waals surface area (Å²) in [5.74, 6) is -1.69. The number of hydrogen-bond donors (Lipinski definition) is 3. The number of carbonyl (C=O) groups excluding carboxylic acids is 2. The smallest absolute Gasteiger partial charge is 0.303 e. The summed E-state index contributed by atoms with van der Waals surface area (Å²) in [7, 11) is 0. The van der Waals surface area contributed by atoms with E-state index in [4.69, 9.17) is 5.11 Å². The molecule has 0 unspecified atom stereocenters. The summed E-state index contributed by atoms with van der Waals surface area (Å²) < 4.78 is 0. The van der Waals surface area contributed by atoms with Gasteiger partial charge in [0, 0.05) is 18.5 Å². The maximum Gasteiger partial charge on any atom is 0.303 e. The molecule has 6 nitrogen and oxygen atoms in total. The van der Waals surface area contributed by atoms with Gasteiger partial charge in [-0.2, -0.15) is 0 Å². The summed E-state index contributed by atoms with van der Waals surface area (Å²) >= 11 is 0. The van der Waals surface area contributed by atoms with Crippen molar-refractivity contribution < 1.29 is 19.5 Å². The number of carboxylic acids is 1. The molecule has 0 saturated carbocycles. The van der Waals surface area contributed by atoms with Crippen molar-refractivity contribution >= 4 is 17.8 Å². The molecular formula is C16H20N2O4. The number of allylic oxidation sites excluding steroid dienone is 1. The van der Waals surface area contributed by atoms with Crippen molar-refractivity contribution in [2.75, 3.05) is 6.54 Å². The molecule has 0 atom stereocenters. The van der Waals surface area contributed by atoms with Crippen LogP contribution in [0.2, 0.25) is 0 Å². The van der Waals surface area contributed by atoms with Crippen LogP contribution in [-0.2, 0) is 9.59 Å². The zero-order chi connectivity index (χ0) is 16.5. The molecule has 6 heteroatoms. The van der Waals surface area contributed by atoms with Crippen molar-refractivity contribution in [3.8, 4) is 0 Å². The van der Waals surface area contributed by atoms with Gasteiger partial charge >= 0.3 is 5.97 Å². The van der Waals surface area contributed by atoms with E-state index in [0.717, 1.165) is 0 Å². The highest BCUT2D eigenvalue weighted by Gasteiger charge is 2.15. The van der Waals surface area contributed by atoms with Gasteiger partial charge in [0.15, 0.2) is 0 Å². The van der Waals surface area contributed by atoms with E-state index in [1.807, 2.05) is 0 Å². The number of hydrogen-bond acceptors (Lipinski definition) is 3. The van der Waals surface area contributed by atoms with Crippen LogP contribution in [0, 0.1) is 0 Å². The normalized spacial score (nSPS) is 9.73. The van der Waals surface area contributed by atoms with E-state index < -0.39 is 11.9 Å². The number of aliphatic carboxylic acids is 1. The second-order valence-corrected chi connectivity index (χ2v) is 4.95. The Morgan fingerprint density at radius 3 is 2.27 bits per heavy atom. The lowest BCUT2D eigenvalue weighted by Crippen LogP contribution is -2.36. The van der Waals surface area contributed by atoms with Crippen LogP contribution in [0.4, 0.5) is 0 Å². The highest BCUT2D eigenvalue weighted by molar-refractivity contribution is 6.03. The molecule has 1 rings (SSSR count). The molecular weight excluding hydrogens is 284 g/mol. The number of carbonyl (C=O) groups is 3. The Balaban J connectivity index is 2.63. The molecule has 1 aromatic rings. The number of benzene rings is 1. The van der Waals surface area contributed by atoms with Crippen molar-refractivity contribution in [1.82, 2.24) is 10.6 Å². The van der Waals surface area contributed by atoms with Crippen molar-refractivity contribution in [3.05, 3.63) is 47.2 Å². The molecule has 0 bridgehead atoms. The van der Waals surface area contributed by atoms with E-state index in [0.29, 0.717) is 17.6 Å². The largest absolute Gasteiger partial charge is 0.481 e. The zero-order valence-electron chi connectivity index (χ0n) is 12.7. The number of amides is 2. The molecule has 0 aliphatic heterocycles. The van der Waals surface area contributed by atoms with E-state index in [-0.39, 0.29) is 24.6 Å². The number of rotatable bonds is 7. The molecule has 2 amide bonds. The maximum absolute atomic E-state index is 12.1. The van der Waals surface area contributed by atoms with Crippen LogP contribution in [0.1, 0.15) is 37.0 Å². The van der Waals surface area contributed by atoms with Crippen LogP contribution in [0.25, 0.3) is 0 Å². The number of carboxylic acid groups (broad SMARTS) is 1. The fourth-order valence-corrected chi connectivity index (χ4v) is 1.71. The monoisotopic (exact) mass is 304 g/mol. The van der Waals surface area contributed by atoms with Gasteiger partial charge in [-0.1, -0.05) is 18.2 Å². The summed E-state index contributed by atoms with van der Waals surface area (Å²) in [6.07, 6.45) is 0.324. The topological polar surface area (TPSA) is 95.5 Å². The standard InChI is InChI=1S/C16H20N2O4/c1-11(2)14(16(22)17-10-6-9-13(19)20)18-15(21)12-7-4-3-5-8-12/h3-5,7-8H,6,9-10H2,1-2H3,(H,17,22)(H,18,21)(H,19,20). The molecule has 0 aliphatic rings. The molecule has 0 aromatic heterocycles. The Bertz CT molecular complexity index is 575. The Hall–Kier alpha value is -2.63. The lowest BCUT2D eigenvalue weighted by molar-refractivity contribution is -0.137. The summed E-state index contributed by atoms with van der Waals surface area (Å²) in [5, 5.41) is 13.7. The van der Waals surface area contributed by atoms with E-state index >= 15 is 0 Å². The molecule has 0 heterocycles. The Labute approximate surface area is 129 Å². The minimum atomic E-state index is -0.908. The lowest BCUT2D eigenvalue weighted by atomic mass is 10.2. The summed E-state index contributed by atoms with van der Waals surface area (Å²) in [4.78, 5) is 34.6. The first-order valence-electron chi connectivity index (χ1n) is 6.95. The van der Waals surface area contributed by atoms with E-state index in [1.54, 1.807) is 44.2 Å². The molecule has 0 saturated heterocycles. The minimum Gasteiger partial charge on any atom is -0.481 e. The summed E-state index contributed by atoms with van der Waals surface area (Å²) in [5.41, 5.74) is 1.31. The highest BCUT2D eigenvalue weighted by Crippen LogP contribution is 2.04. The average Bonchev–Trinajstić information content (AvgIpc) is 2.49. The van der Waals surface area contributed by atoms with Crippen LogP contribution >= 0.6 is 0 Å². The second-order valence-electron chi connectivity index (χ2n) is 4.95. The fraction of sp³-hybridized carbons (Fsp3) is 0.312. The molecule has 0 aliphatic carbocycles. The van der Waals surface area contributed by atoms with Crippen molar-refractivity contribution in [1.29, 1.82) is 0 Å². The van der Waals surface area contributed by atoms with Crippen LogP contribution in [0.15, 0.2) is 41.6 Å². The fourth-order valence-electron chi connectivity index (χ4n) is 1.71. The lowest BCUT2D eigenvalue weighted by Gasteiger charge is -2.12. The van der Waals surface area contributed by atoms with Gasteiger partial charge in [0.2, 0.25) is 0 Å². The average molecular weight is 304 g/mol. The quantitative estimate of drug-likeness (QED) is 0.527. The Morgan fingerprint density at radius 1 is 1.09 bits per heavy atom. The molecule has 1 aromatic carbocycles. The van der Waals surface area contributed by atoms with Gasteiger partial charge in [-0.3, -0.25) is 14.4 Å². The van der Waals surface area contributed by atoms with Gasteiger partial charge in [-0.15, -0.1) is 0 Å². The van der Waals surface area contributed by atoms with E-state index in [9.17, 15) is 14.4 Å². The molecule has 0 spiro atoms. The predicted molar refractivity (Wildman–Crippen MR) is 82.2 cm³/mol. The first kappa shape index (κ1) is 17.4. The maximum atomic E-state index is 12.1. The SMILES string of the molecule is CC(C)=C(NC(=O)c1ccccc1)C(=O)NCCCC(=O)O. The molecule has 22 heavy (non-hydrogen) atoms. The van der Waals surface area contributed by atoms with E-state index in [2.05, 4.69) is 10.6 Å².